The quantitative estimate of drug-likeness (QED) is 0.831. The van der Waals surface area contributed by atoms with Gasteiger partial charge in [-0.1, -0.05) is 11.6 Å². The van der Waals surface area contributed by atoms with E-state index in [1.807, 2.05) is 12.1 Å². The maximum absolute atomic E-state index is 5.95. The van der Waals surface area contributed by atoms with Gasteiger partial charge in [-0.15, -0.1) is 0 Å². The molecule has 5 nitrogen and oxygen atoms in total. The molecule has 24 heavy (non-hydrogen) atoms. The van der Waals surface area contributed by atoms with Crippen molar-refractivity contribution in [3.8, 4) is 5.82 Å². The topological polar surface area (TPSA) is 33.5 Å². The molecule has 0 bridgehead atoms. The first-order valence-electron chi connectivity index (χ1n) is 8.35. The molecule has 0 amide bonds. The molecule has 1 aliphatic rings. The first-order valence-corrected chi connectivity index (χ1v) is 8.72. The van der Waals surface area contributed by atoms with Gasteiger partial charge in [-0.3, -0.25) is 4.90 Å². The first-order chi connectivity index (χ1) is 11.6. The van der Waals surface area contributed by atoms with E-state index in [2.05, 4.69) is 51.8 Å². The zero-order valence-corrected chi connectivity index (χ0v) is 15.1. The molecular weight excluding hydrogens is 324 g/mol. The van der Waals surface area contributed by atoms with Gasteiger partial charge < -0.3 is 14.2 Å². The molecule has 1 saturated heterocycles. The summed E-state index contributed by atoms with van der Waals surface area (Å²) in [5, 5.41) is 0.656. The van der Waals surface area contributed by atoms with E-state index < -0.39 is 0 Å². The van der Waals surface area contributed by atoms with Gasteiger partial charge in [-0.25, -0.2) is 4.98 Å². The van der Waals surface area contributed by atoms with E-state index in [-0.39, 0.29) is 0 Å². The molecule has 2 aromatic rings. The minimum atomic E-state index is 0.541. The summed E-state index contributed by atoms with van der Waals surface area (Å²) in [6.07, 6.45) is 3.74. The predicted molar refractivity (Wildman–Crippen MR) is 96.7 cm³/mol. The van der Waals surface area contributed by atoms with E-state index in [1.54, 1.807) is 6.20 Å². The lowest BCUT2D eigenvalue weighted by Crippen LogP contribution is -2.34. The minimum absolute atomic E-state index is 0.541. The van der Waals surface area contributed by atoms with Crippen molar-refractivity contribution in [1.82, 2.24) is 19.4 Å². The third kappa shape index (κ3) is 4.57. The van der Waals surface area contributed by atoms with Crippen LogP contribution >= 0.6 is 11.6 Å². The van der Waals surface area contributed by atoms with Crippen LogP contribution in [0.1, 0.15) is 5.69 Å². The van der Waals surface area contributed by atoms with Crippen LogP contribution in [-0.2, 0) is 11.3 Å². The number of aromatic nitrogens is 2. The Balaban J connectivity index is 1.71. The lowest BCUT2D eigenvalue weighted by Gasteiger charge is -2.25. The Hall–Kier alpha value is -1.40. The van der Waals surface area contributed by atoms with E-state index in [0.29, 0.717) is 10.9 Å². The molecule has 3 heterocycles. The van der Waals surface area contributed by atoms with Crippen LogP contribution in [0.25, 0.3) is 5.82 Å². The standard InChI is InChI=1S/C18H25ClN4O/c1-21(2)11-15-12-22(8-9-24-14-15)13-17-4-3-7-23(17)18-6-5-16(19)10-20-18/h3-7,10,15H,8-9,11-14H2,1-2H3. The van der Waals surface area contributed by atoms with Crippen LogP contribution in [0.15, 0.2) is 36.7 Å². The highest BCUT2D eigenvalue weighted by atomic mass is 35.5. The molecule has 0 spiro atoms. The number of hydrogen-bond donors (Lipinski definition) is 0. The van der Waals surface area contributed by atoms with Gasteiger partial charge in [0.05, 0.1) is 18.2 Å². The van der Waals surface area contributed by atoms with Crippen molar-refractivity contribution in [3.63, 3.8) is 0 Å². The van der Waals surface area contributed by atoms with E-state index >= 15 is 0 Å². The van der Waals surface area contributed by atoms with Gasteiger partial charge in [0.2, 0.25) is 0 Å². The maximum atomic E-state index is 5.95. The second-order valence-corrected chi connectivity index (χ2v) is 7.08. The van der Waals surface area contributed by atoms with Crippen molar-refractivity contribution in [1.29, 1.82) is 0 Å². The van der Waals surface area contributed by atoms with Crippen molar-refractivity contribution in [2.75, 3.05) is 46.9 Å². The lowest BCUT2D eigenvalue weighted by atomic mass is 10.1. The Labute approximate surface area is 148 Å². The average Bonchev–Trinajstić information content (AvgIpc) is 2.88. The second-order valence-electron chi connectivity index (χ2n) is 6.64. The van der Waals surface area contributed by atoms with E-state index in [4.69, 9.17) is 16.3 Å². The molecule has 2 aromatic heterocycles. The molecule has 0 N–H and O–H groups in total. The smallest absolute Gasteiger partial charge is 0.136 e. The maximum Gasteiger partial charge on any atom is 0.136 e. The summed E-state index contributed by atoms with van der Waals surface area (Å²) in [5.41, 5.74) is 1.23. The third-order valence-corrected chi connectivity index (χ3v) is 4.45. The zero-order valence-electron chi connectivity index (χ0n) is 14.4. The first kappa shape index (κ1) is 17.4. The summed E-state index contributed by atoms with van der Waals surface area (Å²) in [7, 11) is 4.24. The van der Waals surface area contributed by atoms with Gasteiger partial charge in [-0.05, 0) is 38.4 Å². The van der Waals surface area contributed by atoms with Crippen molar-refractivity contribution >= 4 is 11.6 Å². The molecule has 1 fully saturated rings. The predicted octanol–water partition coefficient (Wildman–Crippen LogP) is 2.54. The van der Waals surface area contributed by atoms with Crippen molar-refractivity contribution in [3.05, 3.63) is 47.4 Å². The molecule has 130 valence electrons. The molecule has 0 saturated carbocycles. The summed E-state index contributed by atoms with van der Waals surface area (Å²) in [6, 6.07) is 8.05. The molecule has 1 aliphatic heterocycles. The van der Waals surface area contributed by atoms with E-state index in [9.17, 15) is 0 Å². The molecule has 6 heteroatoms. The zero-order chi connectivity index (χ0) is 16.9. The van der Waals surface area contributed by atoms with Crippen LogP contribution in [0.2, 0.25) is 5.02 Å². The van der Waals surface area contributed by atoms with Gasteiger partial charge >= 0.3 is 0 Å². The Kier molecular flexibility index (Phi) is 5.89. The van der Waals surface area contributed by atoms with Gasteiger partial charge in [-0.2, -0.15) is 0 Å². The molecule has 0 aromatic carbocycles. The molecule has 1 unspecified atom stereocenters. The Morgan fingerprint density at radius 1 is 1.33 bits per heavy atom. The SMILES string of the molecule is CN(C)CC1COCCN(Cc2cccn2-c2ccc(Cl)cn2)C1. The number of pyridine rings is 1. The highest BCUT2D eigenvalue weighted by Crippen LogP contribution is 2.17. The number of nitrogens with zero attached hydrogens (tertiary/aromatic N) is 4. The fourth-order valence-electron chi connectivity index (χ4n) is 3.23. The van der Waals surface area contributed by atoms with Crippen LogP contribution in [0.4, 0.5) is 0 Å². The fraction of sp³-hybridized carbons (Fsp3) is 0.500. The summed E-state index contributed by atoms with van der Waals surface area (Å²) in [5.74, 6) is 1.44. The number of hydrogen-bond acceptors (Lipinski definition) is 4. The van der Waals surface area contributed by atoms with E-state index in [1.165, 1.54) is 5.69 Å². The molecule has 0 radical (unpaired) electrons. The van der Waals surface area contributed by atoms with Crippen molar-refractivity contribution < 1.29 is 4.74 Å². The van der Waals surface area contributed by atoms with Crippen LogP contribution in [0.5, 0.6) is 0 Å². The summed E-state index contributed by atoms with van der Waals surface area (Å²) in [6.45, 7) is 5.60. The second kappa shape index (κ2) is 8.12. The van der Waals surface area contributed by atoms with Gasteiger partial charge in [0.25, 0.3) is 0 Å². The molecular formula is C18H25ClN4O. The Morgan fingerprint density at radius 2 is 2.21 bits per heavy atom. The Morgan fingerprint density at radius 3 is 2.96 bits per heavy atom. The molecule has 0 aliphatic carbocycles. The number of rotatable bonds is 5. The largest absolute Gasteiger partial charge is 0.380 e. The summed E-state index contributed by atoms with van der Waals surface area (Å²) in [4.78, 5) is 9.14. The van der Waals surface area contributed by atoms with Gasteiger partial charge in [0.1, 0.15) is 5.82 Å². The highest BCUT2D eigenvalue weighted by Gasteiger charge is 2.20. The monoisotopic (exact) mass is 348 g/mol. The fourth-order valence-corrected chi connectivity index (χ4v) is 3.34. The molecule has 3 rings (SSSR count). The molecule has 1 atom stereocenters. The average molecular weight is 349 g/mol. The summed E-state index contributed by atoms with van der Waals surface area (Å²) >= 11 is 5.95. The van der Waals surface area contributed by atoms with Crippen molar-refractivity contribution in [2.45, 2.75) is 6.54 Å². The van der Waals surface area contributed by atoms with Crippen LogP contribution in [-0.4, -0.2) is 66.3 Å². The van der Waals surface area contributed by atoms with Crippen LogP contribution < -0.4 is 0 Å². The third-order valence-electron chi connectivity index (χ3n) is 4.22. The summed E-state index contributed by atoms with van der Waals surface area (Å²) < 4.78 is 7.91. The van der Waals surface area contributed by atoms with Gasteiger partial charge in [0, 0.05) is 50.2 Å². The highest BCUT2D eigenvalue weighted by molar-refractivity contribution is 6.30. The number of halogens is 1. The van der Waals surface area contributed by atoms with Crippen LogP contribution in [0.3, 0.4) is 0 Å². The van der Waals surface area contributed by atoms with Gasteiger partial charge in [0.15, 0.2) is 0 Å². The van der Waals surface area contributed by atoms with Crippen molar-refractivity contribution in [2.24, 2.45) is 5.92 Å². The Bertz CT molecular complexity index is 641. The lowest BCUT2D eigenvalue weighted by molar-refractivity contribution is 0.112. The normalized spacial score (nSPS) is 19.6. The number of ether oxygens (including phenoxy) is 1. The minimum Gasteiger partial charge on any atom is -0.380 e. The van der Waals surface area contributed by atoms with Crippen LogP contribution in [0, 0.1) is 5.92 Å². The van der Waals surface area contributed by atoms with E-state index in [0.717, 1.165) is 45.2 Å².